The predicted molar refractivity (Wildman–Crippen MR) is 148 cm³/mol. The number of carbonyl (C=O) groups is 4. The number of esters is 4. The fraction of sp³-hybridized carbons (Fsp3) is 0.188. The van der Waals surface area contributed by atoms with Crippen molar-refractivity contribution in [3.8, 4) is 11.5 Å². The number of ether oxygens (including phenoxy) is 4. The predicted octanol–water partition coefficient (Wildman–Crippen LogP) is 5.45. The van der Waals surface area contributed by atoms with Gasteiger partial charge in [0.05, 0.1) is 24.3 Å². The van der Waals surface area contributed by atoms with E-state index in [0.29, 0.717) is 35.3 Å². The Morgan fingerprint density at radius 2 is 0.875 bits per heavy atom. The first-order valence-electron chi connectivity index (χ1n) is 12.5. The summed E-state index contributed by atoms with van der Waals surface area (Å²) in [7, 11) is 0. The van der Waals surface area contributed by atoms with Crippen molar-refractivity contribution in [3.05, 3.63) is 119 Å². The molecule has 0 aliphatic rings. The lowest BCUT2D eigenvalue weighted by atomic mass is 10.1. The van der Waals surface area contributed by atoms with Crippen LogP contribution in [0.3, 0.4) is 0 Å². The van der Waals surface area contributed by atoms with Crippen LogP contribution in [-0.2, 0) is 31.9 Å². The van der Waals surface area contributed by atoms with Gasteiger partial charge in [0.15, 0.2) is 0 Å². The molecule has 0 amide bonds. The van der Waals surface area contributed by atoms with Crippen LogP contribution in [0.1, 0.15) is 45.7 Å². The first-order valence-corrected chi connectivity index (χ1v) is 12.5. The summed E-state index contributed by atoms with van der Waals surface area (Å²) in [5.74, 6) is -1.35. The first kappa shape index (κ1) is 29.6. The monoisotopic (exact) mass is 542 g/mol. The lowest BCUT2D eigenvalue weighted by molar-refractivity contribution is -0.139. The summed E-state index contributed by atoms with van der Waals surface area (Å²) >= 11 is 0. The van der Waals surface area contributed by atoms with Gasteiger partial charge in [0.25, 0.3) is 0 Å². The molecule has 0 fully saturated rings. The summed E-state index contributed by atoms with van der Waals surface area (Å²) in [6.07, 6.45) is 1.02. The number of benzene rings is 3. The van der Waals surface area contributed by atoms with E-state index in [0.717, 1.165) is 11.1 Å². The molecule has 8 nitrogen and oxygen atoms in total. The summed E-state index contributed by atoms with van der Waals surface area (Å²) in [5.41, 5.74) is 3.13. The molecule has 3 rings (SSSR count). The Morgan fingerprint density at radius 3 is 1.25 bits per heavy atom. The van der Waals surface area contributed by atoms with Crippen molar-refractivity contribution >= 4 is 23.9 Å². The molecule has 0 N–H and O–H groups in total. The van der Waals surface area contributed by atoms with Gasteiger partial charge in [-0.1, -0.05) is 37.4 Å². The van der Waals surface area contributed by atoms with Crippen LogP contribution in [0.4, 0.5) is 0 Å². The Balaban J connectivity index is 1.47. The van der Waals surface area contributed by atoms with Crippen molar-refractivity contribution in [1.29, 1.82) is 0 Å². The van der Waals surface area contributed by atoms with Gasteiger partial charge in [-0.2, -0.15) is 0 Å². The quantitative estimate of drug-likeness (QED) is 0.169. The standard InChI is InChI=1S/C32H30O8/c1-21(2)29(33)37-19-17-23-5-9-25(10-6-23)31(35)40-28-15-11-26(12-16-28)32(36)39-27-13-7-24(8-14-27)18-20-38-30(34)22(3)4/h5-16H,1,3,17-20H2,2,4H3. The summed E-state index contributed by atoms with van der Waals surface area (Å²) < 4.78 is 21.0. The third-order valence-electron chi connectivity index (χ3n) is 5.57. The topological polar surface area (TPSA) is 105 Å². The second-order valence-electron chi connectivity index (χ2n) is 8.98. The van der Waals surface area contributed by atoms with Gasteiger partial charge in [-0.05, 0) is 73.5 Å². The van der Waals surface area contributed by atoms with Gasteiger partial charge in [0.1, 0.15) is 11.5 Å². The molecule has 0 bridgehead atoms. The minimum atomic E-state index is -0.564. The molecule has 3 aromatic rings. The molecule has 0 unspecified atom stereocenters. The fourth-order valence-corrected chi connectivity index (χ4v) is 3.29. The number of hydrogen-bond donors (Lipinski definition) is 0. The molecule has 206 valence electrons. The zero-order valence-corrected chi connectivity index (χ0v) is 22.4. The molecule has 0 spiro atoms. The smallest absolute Gasteiger partial charge is 0.343 e. The van der Waals surface area contributed by atoms with E-state index in [4.69, 9.17) is 18.9 Å². The van der Waals surface area contributed by atoms with Crippen LogP contribution in [-0.4, -0.2) is 37.1 Å². The van der Waals surface area contributed by atoms with Gasteiger partial charge < -0.3 is 18.9 Å². The van der Waals surface area contributed by atoms with Crippen LogP contribution in [0.25, 0.3) is 0 Å². The Labute approximate surface area is 232 Å². The van der Waals surface area contributed by atoms with Crippen molar-refractivity contribution in [2.24, 2.45) is 0 Å². The molecular weight excluding hydrogens is 512 g/mol. The summed E-state index contributed by atoms with van der Waals surface area (Å²) in [6, 6.07) is 19.7. The highest BCUT2D eigenvalue weighted by atomic mass is 16.5. The maximum Gasteiger partial charge on any atom is 0.343 e. The van der Waals surface area contributed by atoms with Gasteiger partial charge in [0.2, 0.25) is 0 Å². The second-order valence-corrected chi connectivity index (χ2v) is 8.98. The molecule has 0 aliphatic heterocycles. The van der Waals surface area contributed by atoms with Crippen LogP contribution in [0.2, 0.25) is 0 Å². The lowest BCUT2D eigenvalue weighted by Gasteiger charge is -2.08. The summed E-state index contributed by atoms with van der Waals surface area (Å²) in [5, 5.41) is 0. The van der Waals surface area contributed by atoms with Crippen LogP contribution < -0.4 is 9.47 Å². The van der Waals surface area contributed by atoms with E-state index in [9.17, 15) is 19.2 Å². The second kappa shape index (κ2) is 14.2. The third-order valence-corrected chi connectivity index (χ3v) is 5.57. The van der Waals surface area contributed by atoms with E-state index in [1.165, 1.54) is 24.3 Å². The van der Waals surface area contributed by atoms with E-state index >= 15 is 0 Å². The van der Waals surface area contributed by atoms with Crippen LogP contribution in [0, 0.1) is 0 Å². The highest BCUT2D eigenvalue weighted by Crippen LogP contribution is 2.18. The van der Waals surface area contributed by atoms with Crippen molar-refractivity contribution in [2.75, 3.05) is 13.2 Å². The van der Waals surface area contributed by atoms with Crippen LogP contribution in [0.5, 0.6) is 11.5 Å². The SMILES string of the molecule is C=C(C)C(=O)OCCc1ccc(OC(=O)c2ccc(OC(=O)c3ccc(CCOC(=O)C(=C)C)cc3)cc2)cc1. The molecule has 0 aromatic heterocycles. The minimum Gasteiger partial charge on any atom is -0.462 e. The minimum absolute atomic E-state index is 0.213. The molecule has 0 radical (unpaired) electrons. The van der Waals surface area contributed by atoms with Gasteiger partial charge in [0, 0.05) is 24.0 Å². The highest BCUT2D eigenvalue weighted by Gasteiger charge is 2.12. The molecule has 0 heterocycles. The first-order chi connectivity index (χ1) is 19.1. The Hall–Kier alpha value is -4.98. The van der Waals surface area contributed by atoms with Crippen molar-refractivity contribution < 1.29 is 38.1 Å². The van der Waals surface area contributed by atoms with Gasteiger partial charge in [-0.3, -0.25) is 0 Å². The maximum absolute atomic E-state index is 12.5. The van der Waals surface area contributed by atoms with Crippen LogP contribution >= 0.6 is 0 Å². The van der Waals surface area contributed by atoms with Crippen molar-refractivity contribution in [1.82, 2.24) is 0 Å². The Kier molecular flexibility index (Phi) is 10.5. The molecule has 0 aliphatic carbocycles. The summed E-state index contributed by atoms with van der Waals surface area (Å²) in [4.78, 5) is 47.9. The molecule has 3 aromatic carbocycles. The Morgan fingerprint density at radius 1 is 0.550 bits per heavy atom. The van der Waals surface area contributed by atoms with Crippen LogP contribution in [0.15, 0.2) is 97.1 Å². The summed E-state index contributed by atoms with van der Waals surface area (Å²) in [6.45, 7) is 10.7. The number of hydrogen-bond acceptors (Lipinski definition) is 8. The normalized spacial score (nSPS) is 10.2. The van der Waals surface area contributed by atoms with E-state index in [2.05, 4.69) is 13.2 Å². The number of carbonyl (C=O) groups excluding carboxylic acids is 4. The van der Waals surface area contributed by atoms with E-state index in [1.54, 1.807) is 62.4 Å². The van der Waals surface area contributed by atoms with Crippen molar-refractivity contribution in [3.63, 3.8) is 0 Å². The van der Waals surface area contributed by atoms with E-state index in [1.807, 2.05) is 0 Å². The molecule has 8 heteroatoms. The molecule has 0 saturated carbocycles. The Bertz CT molecular complexity index is 1380. The lowest BCUT2D eigenvalue weighted by Crippen LogP contribution is -2.11. The van der Waals surface area contributed by atoms with E-state index in [-0.39, 0.29) is 24.5 Å². The fourth-order valence-electron chi connectivity index (χ4n) is 3.29. The zero-order valence-electron chi connectivity index (χ0n) is 22.4. The number of rotatable bonds is 12. The zero-order chi connectivity index (χ0) is 29.1. The van der Waals surface area contributed by atoms with E-state index < -0.39 is 23.9 Å². The van der Waals surface area contributed by atoms with Crippen molar-refractivity contribution in [2.45, 2.75) is 26.7 Å². The molecule has 40 heavy (non-hydrogen) atoms. The van der Waals surface area contributed by atoms with Gasteiger partial charge in [-0.15, -0.1) is 0 Å². The molecule has 0 saturated heterocycles. The molecular formula is C32H30O8. The maximum atomic E-state index is 12.5. The average Bonchev–Trinajstić information content (AvgIpc) is 2.94. The highest BCUT2D eigenvalue weighted by molar-refractivity contribution is 5.92. The molecule has 0 atom stereocenters. The van der Waals surface area contributed by atoms with Gasteiger partial charge >= 0.3 is 23.9 Å². The van der Waals surface area contributed by atoms with Gasteiger partial charge in [-0.25, -0.2) is 19.2 Å². The average molecular weight is 543 g/mol. The third kappa shape index (κ3) is 9.09. The largest absolute Gasteiger partial charge is 0.462 e.